The maximum absolute atomic E-state index is 12.3. The third kappa shape index (κ3) is 2.58. The molecule has 0 saturated heterocycles. The van der Waals surface area contributed by atoms with Crippen molar-refractivity contribution in [3.8, 4) is 0 Å². The second-order valence-corrected chi connectivity index (χ2v) is 4.94. The van der Waals surface area contributed by atoms with Crippen molar-refractivity contribution >= 4 is 17.8 Å². The number of pyridine rings is 1. The highest BCUT2D eigenvalue weighted by Crippen LogP contribution is 2.14. The maximum atomic E-state index is 12.3. The summed E-state index contributed by atoms with van der Waals surface area (Å²) in [7, 11) is 0. The van der Waals surface area contributed by atoms with Crippen LogP contribution in [0.2, 0.25) is 0 Å². The quantitative estimate of drug-likeness (QED) is 0.845. The fraction of sp³-hybridized carbons (Fsp3) is 0.125. The fourth-order valence-corrected chi connectivity index (χ4v) is 2.36. The van der Waals surface area contributed by atoms with Gasteiger partial charge in [-0.15, -0.1) is 0 Å². The molecule has 2 N–H and O–H groups in total. The van der Waals surface area contributed by atoms with Gasteiger partial charge in [-0.05, 0) is 30.7 Å². The van der Waals surface area contributed by atoms with Gasteiger partial charge in [0, 0.05) is 24.4 Å². The molecule has 0 radical (unpaired) electrons. The molecule has 2 heterocycles. The summed E-state index contributed by atoms with van der Waals surface area (Å²) in [6, 6.07) is 10.7. The van der Waals surface area contributed by atoms with Gasteiger partial charge >= 0.3 is 0 Å². The lowest BCUT2D eigenvalue weighted by atomic mass is 10.1. The monoisotopic (exact) mass is 281 g/mol. The minimum Gasteiger partial charge on any atom is -0.298 e. The highest BCUT2D eigenvalue weighted by Gasteiger charge is 2.17. The Morgan fingerprint density at radius 2 is 2.10 bits per heavy atom. The van der Waals surface area contributed by atoms with E-state index >= 15 is 0 Å². The van der Waals surface area contributed by atoms with Crippen LogP contribution in [0, 0.1) is 6.92 Å². The van der Waals surface area contributed by atoms with Gasteiger partial charge < -0.3 is 0 Å². The van der Waals surface area contributed by atoms with Gasteiger partial charge in [-0.2, -0.15) is 0 Å². The molecule has 0 saturated carbocycles. The zero-order valence-electron chi connectivity index (χ0n) is 11.6. The lowest BCUT2D eigenvalue weighted by Gasteiger charge is -2.12. The molecule has 1 aromatic carbocycles. The molecule has 0 aliphatic carbocycles. The molecule has 3 rings (SSSR count). The zero-order chi connectivity index (χ0) is 14.8. The van der Waals surface area contributed by atoms with Crippen molar-refractivity contribution in [1.29, 1.82) is 0 Å². The molecule has 0 spiro atoms. The number of hydrazine groups is 1. The Balaban J connectivity index is 1.78. The predicted molar refractivity (Wildman–Crippen MR) is 82.0 cm³/mol. The van der Waals surface area contributed by atoms with Crippen molar-refractivity contribution in [2.24, 2.45) is 0 Å². The molecular weight excluding hydrogens is 266 g/mol. The Morgan fingerprint density at radius 3 is 2.90 bits per heavy atom. The molecule has 0 unspecified atom stereocenters. The molecule has 5 nitrogen and oxygen atoms in total. The smallest absolute Gasteiger partial charge is 0.271 e. The SMILES string of the molecule is Cc1cccc(NNC(=O)c2ccc(=O)n3c2CC=C3)c1. The first-order valence-electron chi connectivity index (χ1n) is 6.69. The number of hydrogen-bond acceptors (Lipinski definition) is 3. The molecule has 5 heteroatoms. The summed E-state index contributed by atoms with van der Waals surface area (Å²) in [5, 5.41) is 0. The third-order valence-corrected chi connectivity index (χ3v) is 3.38. The summed E-state index contributed by atoms with van der Waals surface area (Å²) in [6.07, 6.45) is 4.15. The van der Waals surface area contributed by atoms with E-state index in [1.165, 1.54) is 10.6 Å². The van der Waals surface area contributed by atoms with Gasteiger partial charge in [0.05, 0.1) is 11.3 Å². The van der Waals surface area contributed by atoms with Crippen molar-refractivity contribution in [2.45, 2.75) is 13.3 Å². The van der Waals surface area contributed by atoms with Crippen LogP contribution in [0.4, 0.5) is 5.69 Å². The van der Waals surface area contributed by atoms with Crippen LogP contribution in [0.15, 0.2) is 47.3 Å². The summed E-state index contributed by atoms with van der Waals surface area (Å²) < 4.78 is 1.50. The van der Waals surface area contributed by atoms with Crippen LogP contribution in [-0.2, 0) is 6.42 Å². The molecule has 1 aliphatic heterocycles. The van der Waals surface area contributed by atoms with E-state index in [0.717, 1.165) is 11.3 Å². The Labute approximate surface area is 121 Å². The van der Waals surface area contributed by atoms with E-state index in [1.54, 1.807) is 12.3 Å². The van der Waals surface area contributed by atoms with E-state index in [9.17, 15) is 9.59 Å². The number of aryl methyl sites for hydroxylation is 1. The van der Waals surface area contributed by atoms with Gasteiger partial charge in [-0.3, -0.25) is 25.0 Å². The second kappa shape index (κ2) is 5.28. The van der Waals surface area contributed by atoms with Crippen LogP contribution in [0.25, 0.3) is 6.20 Å². The minimum absolute atomic E-state index is 0.123. The average Bonchev–Trinajstić information content (AvgIpc) is 2.95. The second-order valence-electron chi connectivity index (χ2n) is 4.94. The highest BCUT2D eigenvalue weighted by atomic mass is 16.2. The van der Waals surface area contributed by atoms with Crippen LogP contribution in [-0.4, -0.2) is 10.5 Å². The van der Waals surface area contributed by atoms with E-state index in [0.29, 0.717) is 17.7 Å². The van der Waals surface area contributed by atoms with Gasteiger partial charge in [0.1, 0.15) is 0 Å². The summed E-state index contributed by atoms with van der Waals surface area (Å²) >= 11 is 0. The number of rotatable bonds is 3. The minimum atomic E-state index is -0.260. The largest absolute Gasteiger partial charge is 0.298 e. The van der Waals surface area contributed by atoms with Crippen LogP contribution in [0.3, 0.4) is 0 Å². The normalized spacial score (nSPS) is 12.0. The summed E-state index contributed by atoms with van der Waals surface area (Å²) in [4.78, 5) is 23.9. The van der Waals surface area contributed by atoms with Crippen molar-refractivity contribution in [1.82, 2.24) is 9.99 Å². The average molecular weight is 281 g/mol. The topological polar surface area (TPSA) is 63.1 Å². The number of carbonyl (C=O) groups excluding carboxylic acids is 1. The number of allylic oxidation sites excluding steroid dienone is 1. The van der Waals surface area contributed by atoms with Gasteiger partial charge in [0.2, 0.25) is 0 Å². The number of nitrogens with zero attached hydrogens (tertiary/aromatic N) is 1. The molecule has 1 amide bonds. The van der Waals surface area contributed by atoms with Gasteiger partial charge in [-0.25, -0.2) is 0 Å². The lowest BCUT2D eigenvalue weighted by Crippen LogP contribution is -2.31. The number of aromatic nitrogens is 1. The first-order valence-corrected chi connectivity index (χ1v) is 6.69. The maximum Gasteiger partial charge on any atom is 0.271 e. The Morgan fingerprint density at radius 1 is 1.24 bits per heavy atom. The molecule has 106 valence electrons. The molecule has 0 atom stereocenters. The number of hydrogen-bond donors (Lipinski definition) is 2. The number of fused-ring (bicyclic) bond motifs is 1. The Bertz CT molecular complexity index is 790. The number of benzene rings is 1. The van der Waals surface area contributed by atoms with Gasteiger partial charge in [0.25, 0.3) is 11.5 Å². The number of anilines is 1. The van der Waals surface area contributed by atoms with E-state index in [2.05, 4.69) is 10.9 Å². The fourth-order valence-electron chi connectivity index (χ4n) is 2.36. The lowest BCUT2D eigenvalue weighted by molar-refractivity contribution is 0.0961. The van der Waals surface area contributed by atoms with Gasteiger partial charge in [0.15, 0.2) is 0 Å². The zero-order valence-corrected chi connectivity index (χ0v) is 11.6. The summed E-state index contributed by atoms with van der Waals surface area (Å²) in [5.41, 5.74) is 8.55. The van der Waals surface area contributed by atoms with E-state index in [-0.39, 0.29) is 11.5 Å². The van der Waals surface area contributed by atoms with E-state index < -0.39 is 0 Å². The number of amides is 1. The molecule has 0 bridgehead atoms. The van der Waals surface area contributed by atoms with Crippen LogP contribution in [0.1, 0.15) is 21.6 Å². The van der Waals surface area contributed by atoms with E-state index in [4.69, 9.17) is 0 Å². The van der Waals surface area contributed by atoms with Gasteiger partial charge in [-0.1, -0.05) is 18.2 Å². The summed E-state index contributed by atoms with van der Waals surface area (Å²) in [5.74, 6) is -0.260. The summed E-state index contributed by atoms with van der Waals surface area (Å²) in [6.45, 7) is 1.98. The Kier molecular flexibility index (Phi) is 3.31. The van der Waals surface area contributed by atoms with Crippen LogP contribution < -0.4 is 16.4 Å². The first-order chi connectivity index (χ1) is 10.1. The van der Waals surface area contributed by atoms with Crippen molar-refractivity contribution in [3.63, 3.8) is 0 Å². The van der Waals surface area contributed by atoms with E-state index in [1.807, 2.05) is 37.3 Å². The van der Waals surface area contributed by atoms with Crippen molar-refractivity contribution < 1.29 is 4.79 Å². The molecule has 21 heavy (non-hydrogen) atoms. The molecule has 1 aromatic heterocycles. The van der Waals surface area contributed by atoms with Crippen LogP contribution >= 0.6 is 0 Å². The van der Waals surface area contributed by atoms with Crippen molar-refractivity contribution in [3.05, 3.63) is 69.6 Å². The first kappa shape index (κ1) is 13.2. The Hall–Kier alpha value is -2.82. The molecule has 2 aromatic rings. The molecule has 0 fully saturated rings. The molecule has 1 aliphatic rings. The highest BCUT2D eigenvalue weighted by molar-refractivity contribution is 5.96. The standard InChI is InChI=1S/C16H15N3O2/c1-11-4-2-5-12(10-11)17-18-16(21)13-7-8-15(20)19-9-3-6-14(13)19/h2-5,7-10,17H,6H2,1H3,(H,18,21). The number of nitrogens with one attached hydrogen (secondary N) is 2. The molecular formula is C16H15N3O2. The predicted octanol–water partition coefficient (Wildman–Crippen LogP) is 1.94. The van der Waals surface area contributed by atoms with Crippen molar-refractivity contribution in [2.75, 3.05) is 5.43 Å². The third-order valence-electron chi connectivity index (χ3n) is 3.38. The number of carbonyl (C=O) groups is 1. The van der Waals surface area contributed by atoms with Crippen LogP contribution in [0.5, 0.6) is 0 Å².